The molecular weight excluding hydrogens is 458 g/mol. The Balaban J connectivity index is 0.00000306. The molecule has 174 valence electrons. The molecule has 0 saturated heterocycles. The van der Waals surface area contributed by atoms with Crippen molar-refractivity contribution in [2.45, 2.75) is 6.42 Å². The molecule has 0 aliphatic carbocycles. The van der Waals surface area contributed by atoms with Crippen LogP contribution in [0.25, 0.3) is 21.0 Å². The maximum atomic E-state index is 13.5. The van der Waals surface area contributed by atoms with Crippen LogP contribution in [0.3, 0.4) is 0 Å². The SMILES string of the molecule is COc1cc2nc(N(CCN(C)C)C(=O)Cc3cccc4ccccc34)sc2cc1OC.Cl. The highest BCUT2D eigenvalue weighted by molar-refractivity contribution is 7.22. The van der Waals surface area contributed by atoms with Gasteiger partial charge in [0.05, 0.1) is 30.9 Å². The lowest BCUT2D eigenvalue weighted by atomic mass is 10.0. The minimum absolute atomic E-state index is 0. The molecular formula is C25H28ClN3O3S. The number of carbonyl (C=O) groups excluding carboxylic acids is 1. The average molecular weight is 486 g/mol. The highest BCUT2D eigenvalue weighted by atomic mass is 35.5. The first kappa shape index (κ1) is 24.8. The molecule has 0 saturated carbocycles. The summed E-state index contributed by atoms with van der Waals surface area (Å²) >= 11 is 1.49. The number of benzene rings is 3. The van der Waals surface area contributed by atoms with Crippen molar-refractivity contribution in [3.8, 4) is 11.5 Å². The van der Waals surface area contributed by atoms with Crippen LogP contribution in [0, 0.1) is 0 Å². The molecule has 0 atom stereocenters. The molecule has 8 heteroatoms. The fourth-order valence-electron chi connectivity index (χ4n) is 3.69. The molecule has 1 aromatic heterocycles. The van der Waals surface area contributed by atoms with Crippen molar-refractivity contribution in [3.63, 3.8) is 0 Å². The van der Waals surface area contributed by atoms with Crippen LogP contribution in [0.2, 0.25) is 0 Å². The molecule has 4 rings (SSSR count). The Bertz CT molecular complexity index is 1210. The molecule has 3 aromatic carbocycles. The first-order valence-electron chi connectivity index (χ1n) is 10.4. The van der Waals surface area contributed by atoms with Crippen molar-refractivity contribution in [1.29, 1.82) is 0 Å². The number of rotatable bonds is 8. The molecule has 0 unspecified atom stereocenters. The third-order valence-electron chi connectivity index (χ3n) is 5.41. The maximum Gasteiger partial charge on any atom is 0.233 e. The standard InChI is InChI=1S/C25H27N3O3S.ClH/c1-27(2)12-13-28(24(29)14-18-10-7-9-17-8-5-6-11-19(17)18)25-26-20-15-21(30-3)22(31-4)16-23(20)32-25;/h5-11,15-16H,12-14H2,1-4H3;1H. The van der Waals surface area contributed by atoms with Gasteiger partial charge in [-0.1, -0.05) is 53.8 Å². The van der Waals surface area contributed by atoms with E-state index in [-0.39, 0.29) is 18.3 Å². The van der Waals surface area contributed by atoms with Crippen molar-refractivity contribution < 1.29 is 14.3 Å². The van der Waals surface area contributed by atoms with Gasteiger partial charge in [-0.2, -0.15) is 0 Å². The van der Waals surface area contributed by atoms with Gasteiger partial charge in [-0.05, 0) is 30.4 Å². The summed E-state index contributed by atoms with van der Waals surface area (Å²) in [6.07, 6.45) is 0.317. The van der Waals surface area contributed by atoms with Crippen molar-refractivity contribution in [2.24, 2.45) is 0 Å². The summed E-state index contributed by atoms with van der Waals surface area (Å²) in [5.74, 6) is 1.30. The highest BCUT2D eigenvalue weighted by Gasteiger charge is 2.22. The summed E-state index contributed by atoms with van der Waals surface area (Å²) in [5.41, 5.74) is 1.81. The summed E-state index contributed by atoms with van der Waals surface area (Å²) in [4.78, 5) is 22.2. The fourth-order valence-corrected chi connectivity index (χ4v) is 4.71. The molecule has 0 aliphatic rings. The smallest absolute Gasteiger partial charge is 0.233 e. The van der Waals surface area contributed by atoms with E-state index in [4.69, 9.17) is 14.5 Å². The number of hydrogen-bond donors (Lipinski definition) is 0. The number of thiazole rings is 1. The van der Waals surface area contributed by atoms with Crippen LogP contribution in [0.5, 0.6) is 11.5 Å². The number of methoxy groups -OCH3 is 2. The fraction of sp³-hybridized carbons (Fsp3) is 0.280. The quantitative estimate of drug-likeness (QED) is 0.350. The number of carbonyl (C=O) groups is 1. The molecule has 0 radical (unpaired) electrons. The Labute approximate surface area is 204 Å². The zero-order chi connectivity index (χ0) is 22.7. The maximum absolute atomic E-state index is 13.5. The molecule has 0 bridgehead atoms. The molecule has 0 N–H and O–H groups in total. The summed E-state index contributed by atoms with van der Waals surface area (Å²) < 4.78 is 11.8. The van der Waals surface area contributed by atoms with E-state index in [9.17, 15) is 4.79 Å². The molecule has 4 aromatic rings. The number of ether oxygens (including phenoxy) is 2. The van der Waals surface area contributed by atoms with E-state index in [0.717, 1.165) is 33.1 Å². The van der Waals surface area contributed by atoms with E-state index in [1.165, 1.54) is 11.3 Å². The Kier molecular flexibility index (Phi) is 8.13. The van der Waals surface area contributed by atoms with Gasteiger partial charge in [0.2, 0.25) is 5.91 Å². The van der Waals surface area contributed by atoms with Crippen LogP contribution in [0.4, 0.5) is 5.13 Å². The number of amides is 1. The van der Waals surface area contributed by atoms with E-state index in [0.29, 0.717) is 29.6 Å². The first-order chi connectivity index (χ1) is 15.5. The number of likely N-dealkylation sites (N-methyl/N-ethyl adjacent to an activating group) is 1. The molecule has 1 amide bonds. The van der Waals surface area contributed by atoms with Crippen LogP contribution in [-0.2, 0) is 11.2 Å². The Hall–Kier alpha value is -2.87. The minimum Gasteiger partial charge on any atom is -0.493 e. The highest BCUT2D eigenvalue weighted by Crippen LogP contribution is 2.37. The van der Waals surface area contributed by atoms with Crippen LogP contribution in [0.1, 0.15) is 5.56 Å². The number of fused-ring (bicyclic) bond motifs is 2. The van der Waals surface area contributed by atoms with Gasteiger partial charge in [0, 0.05) is 25.2 Å². The van der Waals surface area contributed by atoms with E-state index >= 15 is 0 Å². The predicted molar refractivity (Wildman–Crippen MR) is 139 cm³/mol. The van der Waals surface area contributed by atoms with Crippen LogP contribution < -0.4 is 14.4 Å². The number of halogens is 1. The largest absolute Gasteiger partial charge is 0.493 e. The summed E-state index contributed by atoms with van der Waals surface area (Å²) in [5, 5.41) is 2.92. The monoisotopic (exact) mass is 485 g/mol. The van der Waals surface area contributed by atoms with Crippen molar-refractivity contribution in [3.05, 3.63) is 60.2 Å². The van der Waals surface area contributed by atoms with Crippen LogP contribution in [0.15, 0.2) is 54.6 Å². The van der Waals surface area contributed by atoms with Gasteiger partial charge in [-0.25, -0.2) is 4.98 Å². The van der Waals surface area contributed by atoms with Crippen molar-refractivity contribution >= 4 is 55.8 Å². The number of nitrogens with zero attached hydrogens (tertiary/aromatic N) is 3. The molecule has 0 spiro atoms. The van der Waals surface area contributed by atoms with Gasteiger partial charge in [0.1, 0.15) is 0 Å². The first-order valence-corrected chi connectivity index (χ1v) is 11.3. The summed E-state index contributed by atoms with van der Waals surface area (Å²) in [7, 11) is 7.22. The Morgan fingerprint density at radius 2 is 1.67 bits per heavy atom. The Morgan fingerprint density at radius 3 is 2.39 bits per heavy atom. The lowest BCUT2D eigenvalue weighted by Gasteiger charge is -2.22. The third kappa shape index (κ3) is 5.38. The van der Waals surface area contributed by atoms with Gasteiger partial charge in [0.15, 0.2) is 16.6 Å². The lowest BCUT2D eigenvalue weighted by molar-refractivity contribution is -0.118. The second kappa shape index (κ2) is 10.8. The predicted octanol–water partition coefficient (Wildman–Crippen LogP) is 5.03. The van der Waals surface area contributed by atoms with Crippen molar-refractivity contribution in [1.82, 2.24) is 9.88 Å². The van der Waals surface area contributed by atoms with Gasteiger partial charge in [0.25, 0.3) is 0 Å². The minimum atomic E-state index is 0. The number of anilines is 1. The van der Waals surface area contributed by atoms with Crippen LogP contribution >= 0.6 is 23.7 Å². The molecule has 0 fully saturated rings. The number of aromatic nitrogens is 1. The normalized spacial score (nSPS) is 10.9. The molecule has 33 heavy (non-hydrogen) atoms. The topological polar surface area (TPSA) is 54.9 Å². The van der Waals surface area contributed by atoms with E-state index in [1.54, 1.807) is 19.1 Å². The second-order valence-corrected chi connectivity index (χ2v) is 8.84. The van der Waals surface area contributed by atoms with Gasteiger partial charge >= 0.3 is 0 Å². The van der Waals surface area contributed by atoms with E-state index in [2.05, 4.69) is 23.1 Å². The van der Waals surface area contributed by atoms with E-state index in [1.807, 2.05) is 50.5 Å². The zero-order valence-electron chi connectivity index (χ0n) is 19.2. The average Bonchev–Trinajstić information content (AvgIpc) is 3.20. The molecule has 0 aliphatic heterocycles. The summed E-state index contributed by atoms with van der Waals surface area (Å²) in [6, 6.07) is 18.0. The van der Waals surface area contributed by atoms with E-state index < -0.39 is 0 Å². The summed E-state index contributed by atoms with van der Waals surface area (Å²) in [6.45, 7) is 1.30. The van der Waals surface area contributed by atoms with Gasteiger partial charge in [-0.15, -0.1) is 12.4 Å². The van der Waals surface area contributed by atoms with Gasteiger partial charge < -0.3 is 14.4 Å². The van der Waals surface area contributed by atoms with Crippen LogP contribution in [-0.4, -0.2) is 57.2 Å². The molecule has 6 nitrogen and oxygen atoms in total. The van der Waals surface area contributed by atoms with Crippen molar-refractivity contribution in [2.75, 3.05) is 46.3 Å². The zero-order valence-corrected chi connectivity index (χ0v) is 20.8. The molecule has 1 heterocycles. The Morgan fingerprint density at radius 1 is 0.970 bits per heavy atom. The third-order valence-corrected chi connectivity index (χ3v) is 6.45. The number of hydrogen-bond acceptors (Lipinski definition) is 6. The lowest BCUT2D eigenvalue weighted by Crippen LogP contribution is -2.37. The van der Waals surface area contributed by atoms with Gasteiger partial charge in [-0.3, -0.25) is 9.69 Å². The second-order valence-electron chi connectivity index (χ2n) is 7.84.